The van der Waals surface area contributed by atoms with Crippen LogP contribution in [0, 0.1) is 5.92 Å². The first-order chi connectivity index (χ1) is 19.6. The molecule has 0 unspecified atom stereocenters. The number of carbonyl (C=O) groups excluding carboxylic acids is 2. The highest BCUT2D eigenvalue weighted by atomic mass is 16.5. The molecule has 2 amide bonds. The van der Waals surface area contributed by atoms with E-state index in [-0.39, 0.29) is 29.4 Å². The SMILES string of the molecule is BC(B)(B)NC(=O)c1nnc(NC(=O)C2CC2)cc1Nc1cccc(-c2noc(CN3CCC(O)CC3)n2)c1OC. The molecule has 3 aromatic rings. The number of hydrogen-bond donors (Lipinski definition) is 4. The van der Waals surface area contributed by atoms with Gasteiger partial charge in [-0.05, 0) is 43.1 Å². The Morgan fingerprint density at radius 2 is 1.90 bits per heavy atom. The van der Waals surface area contributed by atoms with Crippen molar-refractivity contribution in [2.45, 2.75) is 43.6 Å². The number of amides is 2. The number of aliphatic hydroxyl groups is 1. The summed E-state index contributed by atoms with van der Waals surface area (Å²) in [5.74, 6) is 0.931. The van der Waals surface area contributed by atoms with Crippen molar-refractivity contribution in [3.8, 4) is 17.1 Å². The zero-order chi connectivity index (χ0) is 29.1. The van der Waals surface area contributed by atoms with Gasteiger partial charge in [0.15, 0.2) is 17.3 Å². The molecule has 13 nitrogen and oxygen atoms in total. The molecule has 16 heteroatoms. The smallest absolute Gasteiger partial charge is 0.272 e. The Bertz CT molecular complexity index is 1420. The molecule has 1 aromatic carbocycles. The quantitative estimate of drug-likeness (QED) is 0.222. The standard InChI is InChI=1S/C25H33B3N8O5/c1-40-21-15(22-31-19(41-35-22)12-36-9-7-14(37)8-10-36)3-2-4-16(21)29-17-11-18(30-23(38)13-5-6-13)33-34-20(17)24(39)32-25(26,27)28/h2-4,11,13-14,37H,5-10,12,26-28H2,1H3,(H,32,39)(H2,29,30,33,38). The number of ether oxygens (including phenoxy) is 1. The lowest BCUT2D eigenvalue weighted by molar-refractivity contribution is -0.117. The number of piperidine rings is 1. The van der Waals surface area contributed by atoms with E-state index in [1.54, 1.807) is 12.1 Å². The molecule has 1 saturated carbocycles. The lowest BCUT2D eigenvalue weighted by atomic mass is 9.49. The minimum Gasteiger partial charge on any atom is -0.494 e. The molecular weight excluding hydrogens is 525 g/mol. The largest absolute Gasteiger partial charge is 0.494 e. The van der Waals surface area contributed by atoms with Crippen LogP contribution >= 0.6 is 0 Å². The summed E-state index contributed by atoms with van der Waals surface area (Å²) in [5, 5.41) is 30.6. The normalized spacial score (nSPS) is 16.2. The maximum Gasteiger partial charge on any atom is 0.272 e. The highest BCUT2D eigenvalue weighted by Crippen LogP contribution is 2.37. The minimum atomic E-state index is -0.503. The van der Waals surface area contributed by atoms with Gasteiger partial charge in [0.1, 0.15) is 23.5 Å². The summed E-state index contributed by atoms with van der Waals surface area (Å²) in [4.78, 5) is 32.2. The number of rotatable bonds is 10. The molecule has 0 spiro atoms. The number of anilines is 3. The summed E-state index contributed by atoms with van der Waals surface area (Å²) in [6, 6.07) is 6.99. The first kappa shape index (κ1) is 28.6. The van der Waals surface area contributed by atoms with Crippen molar-refractivity contribution in [3.05, 3.63) is 35.9 Å². The summed E-state index contributed by atoms with van der Waals surface area (Å²) < 4.78 is 11.3. The summed E-state index contributed by atoms with van der Waals surface area (Å²) in [6.07, 6.45) is 2.87. The van der Waals surface area contributed by atoms with Crippen LogP contribution in [0.25, 0.3) is 11.4 Å². The number of para-hydroxylation sites is 1. The van der Waals surface area contributed by atoms with E-state index in [2.05, 4.69) is 41.2 Å². The molecule has 5 rings (SSSR count). The number of nitrogens with zero attached hydrogens (tertiary/aromatic N) is 5. The maximum absolute atomic E-state index is 13.1. The van der Waals surface area contributed by atoms with E-state index in [9.17, 15) is 14.7 Å². The number of aliphatic hydroxyl groups excluding tert-OH is 1. The van der Waals surface area contributed by atoms with E-state index in [1.807, 2.05) is 35.7 Å². The molecule has 2 fully saturated rings. The fourth-order valence-corrected chi connectivity index (χ4v) is 4.56. The predicted octanol–water partition coefficient (Wildman–Crippen LogP) is -1.18. The number of likely N-dealkylation sites (tertiary alicyclic amines) is 1. The predicted molar refractivity (Wildman–Crippen MR) is 159 cm³/mol. The Balaban J connectivity index is 1.42. The van der Waals surface area contributed by atoms with Gasteiger partial charge in [-0.1, -0.05) is 11.2 Å². The second-order valence-electron chi connectivity index (χ2n) is 11.5. The van der Waals surface area contributed by atoms with Crippen molar-refractivity contribution in [1.82, 2.24) is 30.6 Å². The van der Waals surface area contributed by atoms with E-state index in [4.69, 9.17) is 9.26 Å². The Kier molecular flexibility index (Phi) is 8.31. The van der Waals surface area contributed by atoms with Gasteiger partial charge >= 0.3 is 0 Å². The zero-order valence-corrected chi connectivity index (χ0v) is 23.7. The summed E-state index contributed by atoms with van der Waals surface area (Å²) in [5.41, 5.74) is 1.51. The van der Waals surface area contributed by atoms with Crippen molar-refractivity contribution in [3.63, 3.8) is 0 Å². The van der Waals surface area contributed by atoms with Gasteiger partial charge in [0, 0.05) is 25.1 Å². The molecule has 1 aliphatic carbocycles. The van der Waals surface area contributed by atoms with Crippen molar-refractivity contribution in [2.24, 2.45) is 5.92 Å². The molecular formula is C25H33B3N8O5. The van der Waals surface area contributed by atoms with Crippen molar-refractivity contribution >= 4 is 52.5 Å². The monoisotopic (exact) mass is 558 g/mol. The second-order valence-corrected chi connectivity index (χ2v) is 11.5. The van der Waals surface area contributed by atoms with Crippen LogP contribution in [0.5, 0.6) is 5.75 Å². The van der Waals surface area contributed by atoms with Gasteiger partial charge in [-0.3, -0.25) is 14.5 Å². The Labute approximate surface area is 240 Å². The lowest BCUT2D eigenvalue weighted by Crippen LogP contribution is -2.50. The average molecular weight is 558 g/mol. The van der Waals surface area contributed by atoms with Gasteiger partial charge in [0.25, 0.3) is 5.91 Å². The third kappa shape index (κ3) is 7.25. The third-order valence-corrected chi connectivity index (χ3v) is 6.81. The number of methoxy groups -OCH3 is 1. The van der Waals surface area contributed by atoms with E-state index in [0.29, 0.717) is 53.8 Å². The van der Waals surface area contributed by atoms with Gasteiger partial charge in [-0.2, -0.15) is 4.98 Å². The number of hydrogen-bond acceptors (Lipinski definition) is 11. The highest BCUT2D eigenvalue weighted by Gasteiger charge is 2.30. The van der Waals surface area contributed by atoms with Gasteiger partial charge in [0.2, 0.25) is 17.6 Å². The highest BCUT2D eigenvalue weighted by molar-refractivity contribution is 6.60. The van der Waals surface area contributed by atoms with E-state index in [1.165, 1.54) is 7.11 Å². The molecule has 2 aliphatic rings. The summed E-state index contributed by atoms with van der Waals surface area (Å²) in [6.45, 7) is 2.01. The Morgan fingerprint density at radius 3 is 2.59 bits per heavy atom. The topological polar surface area (TPSA) is 168 Å². The molecule has 41 heavy (non-hydrogen) atoms. The van der Waals surface area contributed by atoms with Crippen LogP contribution in [0.3, 0.4) is 0 Å². The van der Waals surface area contributed by atoms with Crippen LogP contribution in [0.2, 0.25) is 0 Å². The number of nitrogens with one attached hydrogen (secondary N) is 3. The molecule has 4 N–H and O–H groups in total. The molecule has 0 atom stereocenters. The number of aromatic nitrogens is 4. The first-order valence-electron chi connectivity index (χ1n) is 13.8. The molecule has 3 heterocycles. The fraction of sp³-hybridized carbons (Fsp3) is 0.440. The third-order valence-electron chi connectivity index (χ3n) is 6.81. The van der Waals surface area contributed by atoms with Crippen LogP contribution in [0.1, 0.15) is 42.1 Å². The Hall–Kier alpha value is -3.91. The number of benzene rings is 1. The molecule has 1 aliphatic heterocycles. The molecule has 0 radical (unpaired) electrons. The van der Waals surface area contributed by atoms with E-state index < -0.39 is 11.1 Å². The summed E-state index contributed by atoms with van der Waals surface area (Å²) >= 11 is 0. The van der Waals surface area contributed by atoms with Crippen molar-refractivity contribution in [2.75, 3.05) is 30.8 Å². The number of carbonyl (C=O) groups is 2. The van der Waals surface area contributed by atoms with E-state index >= 15 is 0 Å². The fourth-order valence-electron chi connectivity index (χ4n) is 4.56. The average Bonchev–Trinajstić information content (AvgIpc) is 3.68. The van der Waals surface area contributed by atoms with Crippen molar-refractivity contribution in [1.29, 1.82) is 0 Å². The van der Waals surface area contributed by atoms with Crippen molar-refractivity contribution < 1.29 is 24.0 Å². The van der Waals surface area contributed by atoms with Crippen LogP contribution in [0.15, 0.2) is 28.8 Å². The molecule has 1 saturated heterocycles. The molecule has 0 bridgehead atoms. The summed E-state index contributed by atoms with van der Waals surface area (Å²) in [7, 11) is 7.14. The molecule has 212 valence electrons. The van der Waals surface area contributed by atoms with Gasteiger partial charge < -0.3 is 30.3 Å². The van der Waals surface area contributed by atoms with E-state index in [0.717, 1.165) is 25.9 Å². The molecule has 2 aromatic heterocycles. The lowest BCUT2D eigenvalue weighted by Gasteiger charge is -2.27. The zero-order valence-electron chi connectivity index (χ0n) is 23.7. The van der Waals surface area contributed by atoms with Gasteiger partial charge in [-0.25, -0.2) is 0 Å². The minimum absolute atomic E-state index is 0.0183. The van der Waals surface area contributed by atoms with Gasteiger partial charge in [-0.15, -0.1) is 10.2 Å². The van der Waals surface area contributed by atoms with Crippen LogP contribution < -0.4 is 20.7 Å². The van der Waals surface area contributed by atoms with Crippen LogP contribution in [0.4, 0.5) is 17.2 Å². The maximum atomic E-state index is 13.1. The van der Waals surface area contributed by atoms with Crippen LogP contribution in [-0.2, 0) is 11.3 Å². The van der Waals surface area contributed by atoms with Gasteiger partial charge in [0.05, 0.1) is 36.7 Å². The second kappa shape index (κ2) is 11.9. The first-order valence-corrected chi connectivity index (χ1v) is 13.8. The van der Waals surface area contributed by atoms with Crippen LogP contribution in [-0.4, -0.2) is 97.2 Å². The Morgan fingerprint density at radius 1 is 1.15 bits per heavy atom.